The van der Waals surface area contributed by atoms with Crippen LogP contribution in [-0.2, 0) is 14.3 Å². The molecule has 2 amide bonds. The summed E-state index contributed by atoms with van der Waals surface area (Å²) < 4.78 is 9.61. The van der Waals surface area contributed by atoms with Crippen molar-refractivity contribution >= 4 is 35.9 Å². The van der Waals surface area contributed by atoms with Crippen molar-refractivity contribution in [2.24, 2.45) is 0 Å². The molecule has 13 nitrogen and oxygen atoms in total. The van der Waals surface area contributed by atoms with Crippen LogP contribution in [0, 0.1) is 0 Å². The molecule has 14 heteroatoms. The number of hydrogen-bond donors (Lipinski definition) is 2. The normalized spacial score (nSPS) is 19.2. The Hall–Kier alpha value is -3.39. The first-order chi connectivity index (χ1) is 16.7. The summed E-state index contributed by atoms with van der Waals surface area (Å²) in [4.78, 5) is 52.4. The van der Waals surface area contributed by atoms with Crippen LogP contribution in [0.3, 0.4) is 0 Å². The van der Waals surface area contributed by atoms with Crippen molar-refractivity contribution < 1.29 is 34.1 Å². The average molecular weight is 509 g/mol. The number of hydrogen-bond acceptors (Lipinski definition) is 11. The summed E-state index contributed by atoms with van der Waals surface area (Å²) in [5, 5.41) is 17.3. The molecular formula is C21H25ClN6O7. The third-order valence-electron chi connectivity index (χ3n) is 5.16. The van der Waals surface area contributed by atoms with Gasteiger partial charge in [0.05, 0.1) is 5.02 Å². The van der Waals surface area contributed by atoms with E-state index in [1.165, 1.54) is 30.4 Å². The second-order valence-electron chi connectivity index (χ2n) is 7.69. The molecule has 2 N–H and O–H groups in total. The van der Waals surface area contributed by atoms with E-state index < -0.39 is 30.6 Å². The van der Waals surface area contributed by atoms with Crippen molar-refractivity contribution in [1.82, 2.24) is 24.8 Å². The number of nitrogens with zero attached hydrogens (tertiary/aromatic N) is 6. The molecule has 0 saturated carbocycles. The van der Waals surface area contributed by atoms with Gasteiger partial charge in [0.25, 0.3) is 12.4 Å². The number of anilines is 1. The number of amides is 2. The van der Waals surface area contributed by atoms with Gasteiger partial charge in [-0.25, -0.2) is 19.7 Å². The van der Waals surface area contributed by atoms with Crippen LogP contribution in [0.4, 0.5) is 10.6 Å². The summed E-state index contributed by atoms with van der Waals surface area (Å²) in [6, 6.07) is 3.20. The number of fused-ring (bicyclic) bond motifs is 1. The lowest BCUT2D eigenvalue weighted by Gasteiger charge is -2.33. The topological polar surface area (TPSA) is 159 Å². The van der Waals surface area contributed by atoms with Gasteiger partial charge in [-0.2, -0.15) is 0 Å². The maximum absolute atomic E-state index is 12.8. The Morgan fingerprint density at radius 1 is 1.17 bits per heavy atom. The van der Waals surface area contributed by atoms with Crippen LogP contribution >= 0.6 is 11.6 Å². The van der Waals surface area contributed by atoms with Crippen LogP contribution in [0.15, 0.2) is 30.7 Å². The number of aliphatic hydroxyl groups is 2. The van der Waals surface area contributed by atoms with E-state index in [9.17, 15) is 14.4 Å². The van der Waals surface area contributed by atoms with Gasteiger partial charge in [-0.1, -0.05) is 11.6 Å². The Kier molecular flexibility index (Phi) is 8.87. The molecule has 0 bridgehead atoms. The number of piperazine rings is 1. The van der Waals surface area contributed by atoms with Gasteiger partial charge >= 0.3 is 6.09 Å². The fourth-order valence-electron chi connectivity index (χ4n) is 3.21. The van der Waals surface area contributed by atoms with E-state index in [2.05, 4.69) is 24.6 Å². The van der Waals surface area contributed by atoms with E-state index in [1.807, 2.05) is 7.05 Å². The number of rotatable bonds is 5. The van der Waals surface area contributed by atoms with Crippen LogP contribution in [0.25, 0.3) is 0 Å². The number of carbonyl (C=O) groups is 3. The Labute approximate surface area is 205 Å². The first-order valence-corrected chi connectivity index (χ1v) is 11.0. The summed E-state index contributed by atoms with van der Waals surface area (Å²) in [7, 11) is 2.00. The third-order valence-corrected chi connectivity index (χ3v) is 5.38. The van der Waals surface area contributed by atoms with Crippen LogP contribution < -0.4 is 4.90 Å². The molecule has 35 heavy (non-hydrogen) atoms. The molecule has 0 aliphatic carbocycles. The van der Waals surface area contributed by atoms with Crippen LogP contribution in [0.1, 0.15) is 29.3 Å². The van der Waals surface area contributed by atoms with Crippen LogP contribution in [-0.4, -0.2) is 99.1 Å². The van der Waals surface area contributed by atoms with Gasteiger partial charge in [-0.3, -0.25) is 14.6 Å². The van der Waals surface area contributed by atoms with Crippen molar-refractivity contribution in [3.63, 3.8) is 0 Å². The lowest BCUT2D eigenvalue weighted by molar-refractivity contribution is -0.169. The Balaban J connectivity index is 0.000000371. The summed E-state index contributed by atoms with van der Waals surface area (Å²) in [6.45, 7) is 4.03. The summed E-state index contributed by atoms with van der Waals surface area (Å²) >= 11 is 5.89. The monoisotopic (exact) mass is 508 g/mol. The smallest absolute Gasteiger partial charge is 0.412 e. The molecule has 2 aliphatic heterocycles. The number of halogens is 1. The number of likely N-dealkylation sites (N-methyl/N-ethyl adjacent to an activating group) is 1. The Morgan fingerprint density at radius 2 is 1.86 bits per heavy atom. The second-order valence-corrected chi connectivity index (χ2v) is 8.13. The van der Waals surface area contributed by atoms with Crippen molar-refractivity contribution in [2.75, 3.05) is 38.1 Å². The quantitative estimate of drug-likeness (QED) is 0.426. The largest absolute Gasteiger partial charge is 0.435 e. The molecule has 1 saturated heterocycles. The highest BCUT2D eigenvalue weighted by Gasteiger charge is 2.44. The van der Waals surface area contributed by atoms with Crippen molar-refractivity contribution in [3.05, 3.63) is 47.1 Å². The van der Waals surface area contributed by atoms with Gasteiger partial charge in [0.2, 0.25) is 12.5 Å². The number of ether oxygens (including phenoxy) is 2. The SMILES string of the molecule is CN1CCN(C(=O)O[C@H]2c3nccnc3C(=O)N2c2ccc(Cl)cn2)CC1.C[C@H](O)[C@@H](O)OC=O. The fraction of sp³-hybridized carbons (Fsp3) is 0.429. The molecule has 2 aliphatic rings. The molecule has 2 aromatic heterocycles. The highest BCUT2D eigenvalue weighted by molar-refractivity contribution is 6.30. The highest BCUT2D eigenvalue weighted by Crippen LogP contribution is 2.35. The lowest BCUT2D eigenvalue weighted by Crippen LogP contribution is -2.48. The standard InChI is InChI=1S/C17H17ClN6O3.C4H8O4/c1-22-6-8-23(9-7-22)17(26)27-16-14-13(19-4-5-20-14)15(25)24(16)12-3-2-11(18)10-21-12;1-3(6)4(7)8-2-5/h2-5,10,16H,6-9H2,1H3;2-4,6-7H,1H3/t16-;3-,4-/m00/s1. The number of pyridine rings is 1. The zero-order valence-corrected chi connectivity index (χ0v) is 19.8. The minimum absolute atomic E-state index is 0.0807. The summed E-state index contributed by atoms with van der Waals surface area (Å²) in [5.74, 6) is -0.121. The fourth-order valence-corrected chi connectivity index (χ4v) is 3.32. The average Bonchev–Trinajstić information content (AvgIpc) is 3.12. The molecular weight excluding hydrogens is 484 g/mol. The van der Waals surface area contributed by atoms with Crippen molar-refractivity contribution in [2.45, 2.75) is 25.5 Å². The maximum Gasteiger partial charge on any atom is 0.412 e. The predicted molar refractivity (Wildman–Crippen MR) is 121 cm³/mol. The summed E-state index contributed by atoms with van der Waals surface area (Å²) in [6.07, 6.45) is 0.359. The molecule has 3 atom stereocenters. The van der Waals surface area contributed by atoms with E-state index in [4.69, 9.17) is 26.6 Å². The third kappa shape index (κ3) is 6.39. The van der Waals surface area contributed by atoms with E-state index in [0.29, 0.717) is 29.6 Å². The Morgan fingerprint density at radius 3 is 2.43 bits per heavy atom. The van der Waals surface area contributed by atoms with Crippen LogP contribution in [0.2, 0.25) is 5.02 Å². The number of aliphatic hydroxyl groups excluding tert-OH is 2. The zero-order valence-electron chi connectivity index (χ0n) is 19.0. The Bertz CT molecular complexity index is 1030. The molecule has 4 rings (SSSR count). The van der Waals surface area contributed by atoms with Crippen LogP contribution in [0.5, 0.6) is 0 Å². The van der Waals surface area contributed by atoms with Crippen molar-refractivity contribution in [3.8, 4) is 0 Å². The lowest BCUT2D eigenvalue weighted by atomic mass is 10.3. The maximum atomic E-state index is 12.8. The molecule has 0 unspecified atom stereocenters. The minimum atomic E-state index is -1.40. The van der Waals surface area contributed by atoms with E-state index in [0.717, 1.165) is 13.1 Å². The summed E-state index contributed by atoms with van der Waals surface area (Å²) in [5.41, 5.74) is 0.437. The zero-order chi connectivity index (χ0) is 25.5. The van der Waals surface area contributed by atoms with Gasteiger partial charge in [-0.05, 0) is 26.1 Å². The predicted octanol–water partition coefficient (Wildman–Crippen LogP) is 0.427. The molecule has 0 aromatic carbocycles. The highest BCUT2D eigenvalue weighted by atomic mass is 35.5. The van der Waals surface area contributed by atoms with E-state index in [1.54, 1.807) is 17.0 Å². The van der Waals surface area contributed by atoms with E-state index >= 15 is 0 Å². The van der Waals surface area contributed by atoms with Gasteiger partial charge in [0.1, 0.15) is 17.6 Å². The minimum Gasteiger partial charge on any atom is -0.435 e. The van der Waals surface area contributed by atoms with Gasteiger partial charge < -0.3 is 29.5 Å². The first-order valence-electron chi connectivity index (χ1n) is 10.6. The van der Waals surface area contributed by atoms with Gasteiger partial charge in [0.15, 0.2) is 5.69 Å². The molecule has 0 radical (unpaired) electrons. The van der Waals surface area contributed by atoms with Crippen molar-refractivity contribution in [1.29, 1.82) is 0 Å². The number of carbonyl (C=O) groups excluding carboxylic acids is 3. The number of aromatic nitrogens is 3. The van der Waals surface area contributed by atoms with E-state index in [-0.39, 0.29) is 12.2 Å². The first kappa shape index (κ1) is 26.2. The molecule has 2 aromatic rings. The van der Waals surface area contributed by atoms with Gasteiger partial charge in [0, 0.05) is 44.8 Å². The molecule has 0 spiro atoms. The molecule has 4 heterocycles. The molecule has 188 valence electrons. The van der Waals surface area contributed by atoms with Gasteiger partial charge in [-0.15, -0.1) is 0 Å². The molecule has 1 fully saturated rings. The second kappa shape index (κ2) is 11.8.